The van der Waals surface area contributed by atoms with E-state index in [2.05, 4.69) is 27.3 Å². The number of hydrogen-bond acceptors (Lipinski definition) is 6. The standard InChI is InChI=1S/C19H22N4O3S/c1-27(24,25)21-12-18-16-10-14(8-9-19(16)26-23-18)20-11-15-7-6-13-4-2-3-5-17(13)22-15/h2-7,14,20-21H,8-12H2,1H3. The van der Waals surface area contributed by atoms with Crippen LogP contribution in [-0.4, -0.2) is 30.9 Å². The van der Waals surface area contributed by atoms with Gasteiger partial charge < -0.3 is 9.84 Å². The van der Waals surface area contributed by atoms with E-state index in [-0.39, 0.29) is 12.6 Å². The van der Waals surface area contributed by atoms with Gasteiger partial charge in [0.1, 0.15) is 11.5 Å². The van der Waals surface area contributed by atoms with Gasteiger partial charge in [0.2, 0.25) is 10.0 Å². The highest BCUT2D eigenvalue weighted by atomic mass is 32.2. The number of rotatable bonds is 6. The molecule has 0 saturated carbocycles. The summed E-state index contributed by atoms with van der Waals surface area (Å²) in [6.07, 6.45) is 3.66. The minimum Gasteiger partial charge on any atom is -0.361 e. The first-order valence-corrected chi connectivity index (χ1v) is 10.9. The van der Waals surface area contributed by atoms with Gasteiger partial charge in [-0.05, 0) is 25.0 Å². The molecule has 1 atom stereocenters. The third kappa shape index (κ3) is 4.35. The van der Waals surface area contributed by atoms with Crippen LogP contribution in [0.4, 0.5) is 0 Å². The van der Waals surface area contributed by atoms with Crippen LogP contribution in [-0.2, 0) is 36.0 Å². The van der Waals surface area contributed by atoms with Crippen LogP contribution in [0.5, 0.6) is 0 Å². The molecule has 142 valence electrons. The Bertz CT molecular complexity index is 1060. The number of para-hydroxylation sites is 1. The number of benzene rings is 1. The fourth-order valence-electron chi connectivity index (χ4n) is 3.43. The Kier molecular flexibility index (Phi) is 4.94. The maximum absolute atomic E-state index is 11.3. The smallest absolute Gasteiger partial charge is 0.209 e. The normalized spacial score (nSPS) is 17.1. The van der Waals surface area contributed by atoms with Crippen molar-refractivity contribution >= 4 is 20.9 Å². The second-order valence-corrected chi connectivity index (χ2v) is 8.77. The number of pyridine rings is 1. The Morgan fingerprint density at radius 2 is 2.04 bits per heavy atom. The molecular formula is C19H22N4O3S. The van der Waals surface area contributed by atoms with Crippen molar-refractivity contribution in [3.8, 4) is 0 Å². The zero-order valence-corrected chi connectivity index (χ0v) is 15.9. The molecule has 2 heterocycles. The van der Waals surface area contributed by atoms with Gasteiger partial charge in [0, 0.05) is 30.0 Å². The minimum absolute atomic E-state index is 0.163. The fourth-order valence-corrected chi connectivity index (χ4v) is 3.83. The molecular weight excluding hydrogens is 364 g/mol. The van der Waals surface area contributed by atoms with Crippen LogP contribution in [0.25, 0.3) is 10.9 Å². The highest BCUT2D eigenvalue weighted by Gasteiger charge is 2.25. The first-order valence-electron chi connectivity index (χ1n) is 8.97. The van der Waals surface area contributed by atoms with Crippen LogP contribution >= 0.6 is 0 Å². The van der Waals surface area contributed by atoms with Gasteiger partial charge in [-0.1, -0.05) is 29.4 Å². The molecule has 4 rings (SSSR count). The van der Waals surface area contributed by atoms with E-state index in [0.717, 1.165) is 53.4 Å². The predicted molar refractivity (Wildman–Crippen MR) is 103 cm³/mol. The Morgan fingerprint density at radius 3 is 2.89 bits per heavy atom. The lowest BCUT2D eigenvalue weighted by molar-refractivity contribution is 0.350. The van der Waals surface area contributed by atoms with E-state index in [4.69, 9.17) is 9.51 Å². The van der Waals surface area contributed by atoms with Gasteiger partial charge in [-0.2, -0.15) is 0 Å². The van der Waals surface area contributed by atoms with Gasteiger partial charge in [-0.3, -0.25) is 4.98 Å². The summed E-state index contributed by atoms with van der Waals surface area (Å²) in [5.41, 5.74) is 3.69. The molecule has 0 aliphatic heterocycles. The molecule has 27 heavy (non-hydrogen) atoms. The Balaban J connectivity index is 1.41. The molecule has 0 fully saturated rings. The molecule has 1 aromatic carbocycles. The minimum atomic E-state index is -3.26. The van der Waals surface area contributed by atoms with Gasteiger partial charge in [-0.25, -0.2) is 13.1 Å². The molecule has 0 radical (unpaired) electrons. The first kappa shape index (κ1) is 18.1. The number of hydrogen-bond donors (Lipinski definition) is 2. The van der Waals surface area contributed by atoms with E-state index < -0.39 is 10.0 Å². The number of aryl methyl sites for hydroxylation is 1. The van der Waals surface area contributed by atoms with Crippen LogP contribution in [0.2, 0.25) is 0 Å². The van der Waals surface area contributed by atoms with Crippen LogP contribution in [0, 0.1) is 0 Å². The highest BCUT2D eigenvalue weighted by Crippen LogP contribution is 2.25. The van der Waals surface area contributed by atoms with Crippen LogP contribution in [0.15, 0.2) is 40.9 Å². The molecule has 3 aromatic rings. The second kappa shape index (κ2) is 7.38. The van der Waals surface area contributed by atoms with Crippen LogP contribution in [0.3, 0.4) is 0 Å². The quantitative estimate of drug-likeness (QED) is 0.672. The average Bonchev–Trinajstić information content (AvgIpc) is 3.06. The molecule has 1 aliphatic carbocycles. The van der Waals surface area contributed by atoms with Crippen molar-refractivity contribution in [1.29, 1.82) is 0 Å². The number of aromatic nitrogens is 2. The summed E-state index contributed by atoms with van der Waals surface area (Å²) in [6.45, 7) is 0.851. The monoisotopic (exact) mass is 386 g/mol. The van der Waals surface area contributed by atoms with E-state index in [1.807, 2.05) is 24.3 Å². The van der Waals surface area contributed by atoms with Gasteiger partial charge in [0.15, 0.2) is 0 Å². The average molecular weight is 386 g/mol. The van der Waals surface area contributed by atoms with Crippen molar-refractivity contribution in [3.63, 3.8) is 0 Å². The molecule has 0 amide bonds. The van der Waals surface area contributed by atoms with Crippen molar-refractivity contribution < 1.29 is 12.9 Å². The molecule has 0 saturated heterocycles. The molecule has 2 aromatic heterocycles. The Hall–Kier alpha value is -2.29. The number of fused-ring (bicyclic) bond motifs is 2. The molecule has 8 heteroatoms. The number of sulfonamides is 1. The zero-order valence-electron chi connectivity index (χ0n) is 15.1. The van der Waals surface area contributed by atoms with E-state index in [1.165, 1.54) is 0 Å². The Morgan fingerprint density at radius 1 is 1.19 bits per heavy atom. The lowest BCUT2D eigenvalue weighted by atomic mass is 9.92. The molecule has 0 bridgehead atoms. The summed E-state index contributed by atoms with van der Waals surface area (Å²) in [5, 5.41) is 8.74. The topological polar surface area (TPSA) is 97.1 Å². The van der Waals surface area contributed by atoms with E-state index in [1.54, 1.807) is 0 Å². The largest absolute Gasteiger partial charge is 0.361 e. The third-order valence-corrected chi connectivity index (χ3v) is 5.52. The summed E-state index contributed by atoms with van der Waals surface area (Å²) in [5.74, 6) is 0.863. The van der Waals surface area contributed by atoms with Crippen molar-refractivity contribution in [2.75, 3.05) is 6.26 Å². The predicted octanol–water partition coefficient (Wildman–Crippen LogP) is 1.92. The summed E-state index contributed by atoms with van der Waals surface area (Å²) in [6, 6.07) is 12.5. The van der Waals surface area contributed by atoms with E-state index in [9.17, 15) is 8.42 Å². The first-order chi connectivity index (χ1) is 13.0. The molecule has 0 spiro atoms. The molecule has 1 unspecified atom stereocenters. The van der Waals surface area contributed by atoms with E-state index in [0.29, 0.717) is 12.2 Å². The van der Waals surface area contributed by atoms with Crippen molar-refractivity contribution in [2.45, 2.75) is 38.4 Å². The maximum atomic E-state index is 11.3. The van der Waals surface area contributed by atoms with Gasteiger partial charge in [0.05, 0.1) is 24.0 Å². The van der Waals surface area contributed by atoms with Crippen molar-refractivity contribution in [3.05, 3.63) is 59.1 Å². The number of nitrogens with one attached hydrogen (secondary N) is 2. The summed E-state index contributed by atoms with van der Waals surface area (Å²) in [7, 11) is -3.26. The third-order valence-electron chi connectivity index (χ3n) is 4.85. The summed E-state index contributed by atoms with van der Waals surface area (Å²) < 4.78 is 30.5. The molecule has 7 nitrogen and oxygen atoms in total. The molecule has 1 aliphatic rings. The second-order valence-electron chi connectivity index (χ2n) is 6.94. The zero-order chi connectivity index (χ0) is 18.9. The summed E-state index contributed by atoms with van der Waals surface area (Å²) in [4.78, 5) is 4.70. The SMILES string of the molecule is CS(=O)(=O)NCc1noc2c1CC(NCc1ccc3ccccc3n1)CC2. The van der Waals surface area contributed by atoms with Gasteiger partial charge in [0.25, 0.3) is 0 Å². The lowest BCUT2D eigenvalue weighted by Crippen LogP contribution is -2.34. The Labute approximate surface area is 158 Å². The molecule has 2 N–H and O–H groups in total. The van der Waals surface area contributed by atoms with Gasteiger partial charge >= 0.3 is 0 Å². The maximum Gasteiger partial charge on any atom is 0.209 e. The lowest BCUT2D eigenvalue weighted by Gasteiger charge is -2.22. The van der Waals surface area contributed by atoms with Crippen LogP contribution in [0.1, 0.15) is 29.1 Å². The number of nitrogens with zero attached hydrogens (tertiary/aromatic N) is 2. The van der Waals surface area contributed by atoms with Crippen LogP contribution < -0.4 is 10.0 Å². The highest BCUT2D eigenvalue weighted by molar-refractivity contribution is 7.88. The van der Waals surface area contributed by atoms with Gasteiger partial charge in [-0.15, -0.1) is 0 Å². The van der Waals surface area contributed by atoms with Crippen molar-refractivity contribution in [1.82, 2.24) is 20.2 Å². The summed E-state index contributed by atoms with van der Waals surface area (Å²) >= 11 is 0. The fraction of sp³-hybridized carbons (Fsp3) is 0.368. The van der Waals surface area contributed by atoms with Crippen molar-refractivity contribution in [2.24, 2.45) is 0 Å². The van der Waals surface area contributed by atoms with E-state index >= 15 is 0 Å².